The summed E-state index contributed by atoms with van der Waals surface area (Å²) in [6.45, 7) is 2.51. The molecule has 3 unspecified atom stereocenters. The van der Waals surface area contributed by atoms with E-state index in [0.29, 0.717) is 18.6 Å². The molecule has 1 aromatic carbocycles. The summed E-state index contributed by atoms with van der Waals surface area (Å²) in [7, 11) is 3.76. The fraction of sp³-hybridized carbons (Fsp3) is 0.562. The fourth-order valence-electron chi connectivity index (χ4n) is 2.82. The minimum Gasteiger partial charge on any atom is -0.371 e. The molecule has 1 heterocycles. The van der Waals surface area contributed by atoms with Crippen LogP contribution in [0.4, 0.5) is 4.39 Å². The van der Waals surface area contributed by atoms with Crippen molar-refractivity contribution in [2.24, 2.45) is 0 Å². The third kappa shape index (κ3) is 3.77. The van der Waals surface area contributed by atoms with Gasteiger partial charge in [0.05, 0.1) is 17.1 Å². The molecule has 0 aromatic heterocycles. The number of ether oxygens (including phenoxy) is 1. The Bertz CT molecular complexity index is 539. The predicted molar refractivity (Wildman–Crippen MR) is 84.4 cm³/mol. The number of hydrogen-bond donors (Lipinski definition) is 1. The van der Waals surface area contributed by atoms with Gasteiger partial charge in [0, 0.05) is 6.61 Å². The minimum atomic E-state index is -0.473. The Kier molecular flexibility index (Phi) is 5.78. The van der Waals surface area contributed by atoms with Gasteiger partial charge in [0.25, 0.3) is 0 Å². The van der Waals surface area contributed by atoms with Gasteiger partial charge >= 0.3 is 0 Å². The smallest absolute Gasteiger partial charge is 0.237 e. The Balaban J connectivity index is 2.10. The quantitative estimate of drug-likeness (QED) is 0.903. The lowest BCUT2D eigenvalue weighted by atomic mass is 10.0. The largest absolute Gasteiger partial charge is 0.371 e. The molecule has 1 aliphatic heterocycles. The van der Waals surface area contributed by atoms with Crippen molar-refractivity contribution in [3.8, 4) is 0 Å². The van der Waals surface area contributed by atoms with Crippen LogP contribution >= 0.6 is 11.6 Å². The fourth-order valence-corrected chi connectivity index (χ4v) is 2.94. The summed E-state index contributed by atoms with van der Waals surface area (Å²) < 4.78 is 19.3. The molecule has 0 spiro atoms. The number of halogens is 2. The number of carbonyl (C=O) groups is 1. The highest BCUT2D eigenvalue weighted by Crippen LogP contribution is 2.31. The Morgan fingerprint density at radius 1 is 1.55 bits per heavy atom. The highest BCUT2D eigenvalue weighted by Gasteiger charge is 2.33. The number of nitrogens with one attached hydrogen (secondary N) is 1. The number of carbonyl (C=O) groups excluding carboxylic acids is 1. The van der Waals surface area contributed by atoms with Gasteiger partial charge in [-0.05, 0) is 44.6 Å². The second-order valence-corrected chi connectivity index (χ2v) is 6.16. The lowest BCUT2D eigenvalue weighted by molar-refractivity contribution is -0.126. The molecule has 22 heavy (non-hydrogen) atoms. The van der Waals surface area contributed by atoms with E-state index in [-0.39, 0.29) is 29.1 Å². The molecule has 122 valence electrons. The van der Waals surface area contributed by atoms with Crippen LogP contribution in [0, 0.1) is 5.82 Å². The van der Waals surface area contributed by atoms with E-state index in [1.165, 1.54) is 12.1 Å². The van der Waals surface area contributed by atoms with Crippen LogP contribution in [0.1, 0.15) is 31.4 Å². The van der Waals surface area contributed by atoms with E-state index in [0.717, 1.165) is 6.42 Å². The number of hydrogen-bond acceptors (Lipinski definition) is 3. The Morgan fingerprint density at radius 3 is 2.86 bits per heavy atom. The standard InChI is InChI=1S/C16H22ClFN2O2/c1-4-14(20(2)3)16(21)19-13-7-8-22-15(13)10-5-6-11(17)12(18)9-10/h5-6,9,13-15H,4,7-8H2,1-3H3,(H,19,21). The first-order valence-electron chi connectivity index (χ1n) is 7.47. The number of likely N-dealkylation sites (N-methyl/N-ethyl adjacent to an activating group) is 1. The zero-order valence-electron chi connectivity index (χ0n) is 13.1. The second kappa shape index (κ2) is 7.40. The lowest BCUT2D eigenvalue weighted by Gasteiger charge is -2.26. The average Bonchev–Trinajstić information content (AvgIpc) is 2.90. The molecule has 1 aromatic rings. The molecule has 0 bridgehead atoms. The topological polar surface area (TPSA) is 41.6 Å². The molecule has 1 amide bonds. The molecule has 1 fully saturated rings. The van der Waals surface area contributed by atoms with E-state index < -0.39 is 5.82 Å². The first kappa shape index (κ1) is 17.2. The van der Waals surface area contributed by atoms with E-state index in [4.69, 9.17) is 16.3 Å². The van der Waals surface area contributed by atoms with Crippen molar-refractivity contribution in [1.82, 2.24) is 10.2 Å². The van der Waals surface area contributed by atoms with Crippen LogP contribution in [0.15, 0.2) is 18.2 Å². The summed E-state index contributed by atoms with van der Waals surface area (Å²) in [5.41, 5.74) is 0.697. The monoisotopic (exact) mass is 328 g/mol. The van der Waals surface area contributed by atoms with Crippen molar-refractivity contribution in [3.63, 3.8) is 0 Å². The van der Waals surface area contributed by atoms with Gasteiger partial charge in [-0.15, -0.1) is 0 Å². The summed E-state index contributed by atoms with van der Waals surface area (Å²) in [5.74, 6) is -0.498. The first-order chi connectivity index (χ1) is 10.4. The van der Waals surface area contributed by atoms with Gasteiger partial charge in [-0.3, -0.25) is 9.69 Å². The molecule has 1 N–H and O–H groups in total. The van der Waals surface area contributed by atoms with Crippen molar-refractivity contribution in [2.45, 2.75) is 38.0 Å². The van der Waals surface area contributed by atoms with Crippen molar-refractivity contribution in [3.05, 3.63) is 34.6 Å². The molecule has 1 aliphatic rings. The van der Waals surface area contributed by atoms with E-state index >= 15 is 0 Å². The molecule has 6 heteroatoms. The zero-order chi connectivity index (χ0) is 16.3. The molecule has 0 aliphatic carbocycles. The highest BCUT2D eigenvalue weighted by atomic mass is 35.5. The Labute approximate surface area is 135 Å². The van der Waals surface area contributed by atoms with E-state index in [1.807, 2.05) is 25.9 Å². The first-order valence-corrected chi connectivity index (χ1v) is 7.85. The van der Waals surface area contributed by atoms with Crippen LogP contribution in [-0.2, 0) is 9.53 Å². The van der Waals surface area contributed by atoms with Gasteiger partial charge in [0.2, 0.25) is 5.91 Å². The third-order valence-corrected chi connectivity index (χ3v) is 4.31. The maximum absolute atomic E-state index is 13.6. The molecule has 3 atom stereocenters. The predicted octanol–water partition coefficient (Wildman–Crippen LogP) is 2.77. The SMILES string of the molecule is CCC(C(=O)NC1CCOC1c1ccc(Cl)c(F)c1)N(C)C. The van der Waals surface area contributed by atoms with Crippen LogP contribution < -0.4 is 5.32 Å². The van der Waals surface area contributed by atoms with Crippen LogP contribution in [-0.4, -0.2) is 43.6 Å². The van der Waals surface area contributed by atoms with Gasteiger partial charge in [-0.1, -0.05) is 24.6 Å². The maximum atomic E-state index is 13.6. The Hall–Kier alpha value is -1.17. The maximum Gasteiger partial charge on any atom is 0.237 e. The van der Waals surface area contributed by atoms with Gasteiger partial charge in [0.1, 0.15) is 11.9 Å². The number of nitrogens with zero attached hydrogens (tertiary/aromatic N) is 1. The summed E-state index contributed by atoms with van der Waals surface area (Å²) in [6, 6.07) is 4.30. The normalized spacial score (nSPS) is 22.8. The molecule has 2 rings (SSSR count). The summed E-state index contributed by atoms with van der Waals surface area (Å²) >= 11 is 5.71. The van der Waals surface area contributed by atoms with Gasteiger partial charge < -0.3 is 10.1 Å². The summed E-state index contributed by atoms with van der Waals surface area (Å²) in [4.78, 5) is 14.3. The minimum absolute atomic E-state index is 0.0255. The molecule has 0 radical (unpaired) electrons. The molecule has 0 saturated carbocycles. The van der Waals surface area contributed by atoms with Crippen molar-refractivity contribution >= 4 is 17.5 Å². The van der Waals surface area contributed by atoms with E-state index in [2.05, 4.69) is 5.32 Å². The summed E-state index contributed by atoms with van der Waals surface area (Å²) in [5, 5.41) is 3.12. The van der Waals surface area contributed by atoms with Gasteiger partial charge in [0.15, 0.2) is 0 Å². The highest BCUT2D eigenvalue weighted by molar-refractivity contribution is 6.30. The van der Waals surface area contributed by atoms with Crippen LogP contribution in [0.3, 0.4) is 0 Å². The second-order valence-electron chi connectivity index (χ2n) is 5.76. The summed E-state index contributed by atoms with van der Waals surface area (Å²) in [6.07, 6.45) is 1.10. The van der Waals surface area contributed by atoms with E-state index in [1.54, 1.807) is 6.07 Å². The molecular formula is C16H22ClFN2O2. The van der Waals surface area contributed by atoms with Gasteiger partial charge in [-0.25, -0.2) is 4.39 Å². The lowest BCUT2D eigenvalue weighted by Crippen LogP contribution is -2.47. The zero-order valence-corrected chi connectivity index (χ0v) is 13.9. The van der Waals surface area contributed by atoms with Crippen molar-refractivity contribution in [2.75, 3.05) is 20.7 Å². The van der Waals surface area contributed by atoms with Crippen LogP contribution in [0.25, 0.3) is 0 Å². The van der Waals surface area contributed by atoms with Gasteiger partial charge in [-0.2, -0.15) is 0 Å². The van der Waals surface area contributed by atoms with Crippen molar-refractivity contribution < 1.29 is 13.9 Å². The number of benzene rings is 1. The third-order valence-electron chi connectivity index (χ3n) is 4.00. The van der Waals surface area contributed by atoms with Crippen LogP contribution in [0.5, 0.6) is 0 Å². The number of amides is 1. The van der Waals surface area contributed by atoms with Crippen LogP contribution in [0.2, 0.25) is 5.02 Å². The average molecular weight is 329 g/mol. The van der Waals surface area contributed by atoms with E-state index in [9.17, 15) is 9.18 Å². The molecule has 4 nitrogen and oxygen atoms in total. The van der Waals surface area contributed by atoms with Crippen molar-refractivity contribution in [1.29, 1.82) is 0 Å². The Morgan fingerprint density at radius 2 is 2.27 bits per heavy atom. The molecule has 1 saturated heterocycles. The number of rotatable bonds is 5. The molecular weight excluding hydrogens is 307 g/mol.